The van der Waals surface area contributed by atoms with E-state index in [1.165, 1.54) is 0 Å². The third-order valence-corrected chi connectivity index (χ3v) is 9.24. The Kier molecular flexibility index (Phi) is 9.46. The molecule has 3 aliphatic rings. The maximum Gasteiger partial charge on any atom is 0.339 e. The van der Waals surface area contributed by atoms with E-state index in [-0.39, 0.29) is 18.4 Å². The first-order valence-corrected chi connectivity index (χ1v) is 13.9. The standard InChI is InChI=1S/C30H46O7/c1-7-8-9-10-11-22(17-31)14-18(2)26(32)21(5)28(34)37-25-13-12-19(3)29(6)15-23-20(4)27(33)36-24(23)16-30(25,29)35/h14,16,19,21-22,25-26,31-32,35H,7-13,15,17H2,1-6H3. The van der Waals surface area contributed by atoms with E-state index in [1.54, 1.807) is 26.8 Å². The first-order valence-electron chi connectivity index (χ1n) is 13.9. The Morgan fingerprint density at radius 2 is 2.00 bits per heavy atom. The zero-order chi connectivity index (χ0) is 27.5. The average Bonchev–Trinajstić information content (AvgIpc) is 3.13. The van der Waals surface area contributed by atoms with Crippen LogP contribution in [0.15, 0.2) is 34.6 Å². The molecule has 0 radical (unpaired) electrons. The minimum Gasteiger partial charge on any atom is -0.459 e. The fraction of sp³-hybridized carbons (Fsp3) is 0.733. The highest BCUT2D eigenvalue weighted by molar-refractivity contribution is 5.94. The van der Waals surface area contributed by atoms with Crippen molar-refractivity contribution < 1.29 is 34.4 Å². The van der Waals surface area contributed by atoms with E-state index in [0.29, 0.717) is 29.7 Å². The molecule has 7 atom stereocenters. The van der Waals surface area contributed by atoms with Gasteiger partial charge in [0.15, 0.2) is 0 Å². The minimum absolute atomic E-state index is 0.00393. The van der Waals surface area contributed by atoms with E-state index in [2.05, 4.69) is 13.8 Å². The van der Waals surface area contributed by atoms with Gasteiger partial charge in [-0.15, -0.1) is 0 Å². The van der Waals surface area contributed by atoms with Crippen molar-refractivity contribution >= 4 is 11.9 Å². The highest BCUT2D eigenvalue weighted by atomic mass is 16.6. The molecule has 37 heavy (non-hydrogen) atoms. The molecule has 0 spiro atoms. The Morgan fingerprint density at radius 1 is 1.30 bits per heavy atom. The van der Waals surface area contributed by atoms with E-state index in [0.717, 1.165) is 44.1 Å². The Labute approximate surface area is 221 Å². The van der Waals surface area contributed by atoms with Crippen LogP contribution in [0.3, 0.4) is 0 Å². The summed E-state index contributed by atoms with van der Waals surface area (Å²) in [4.78, 5) is 25.4. The molecule has 0 amide bonds. The summed E-state index contributed by atoms with van der Waals surface area (Å²) in [5.74, 6) is -1.41. The summed E-state index contributed by atoms with van der Waals surface area (Å²) < 4.78 is 11.3. The summed E-state index contributed by atoms with van der Waals surface area (Å²) in [6.07, 6.45) is 8.50. The second kappa shape index (κ2) is 11.8. The molecule has 7 unspecified atom stereocenters. The van der Waals surface area contributed by atoms with Crippen LogP contribution in [0.5, 0.6) is 0 Å². The number of aliphatic hydroxyl groups excluding tert-OH is 2. The smallest absolute Gasteiger partial charge is 0.339 e. The molecular weight excluding hydrogens is 472 g/mol. The quantitative estimate of drug-likeness (QED) is 0.205. The molecule has 0 aromatic heterocycles. The van der Waals surface area contributed by atoms with E-state index in [1.807, 2.05) is 13.0 Å². The molecule has 3 rings (SSSR count). The minimum atomic E-state index is -1.50. The lowest BCUT2D eigenvalue weighted by atomic mass is 9.53. The van der Waals surface area contributed by atoms with Gasteiger partial charge in [-0.2, -0.15) is 0 Å². The molecule has 1 fully saturated rings. The second-order valence-corrected chi connectivity index (χ2v) is 11.8. The van der Waals surface area contributed by atoms with Crippen molar-refractivity contribution in [2.45, 2.75) is 111 Å². The molecule has 1 saturated carbocycles. The van der Waals surface area contributed by atoms with Crippen LogP contribution >= 0.6 is 0 Å². The largest absolute Gasteiger partial charge is 0.459 e. The molecule has 0 aromatic carbocycles. The SMILES string of the molecule is CCCCCCC(C=C(C)C(O)C(C)C(=O)OC1CCC(C)C2(C)CC3=C(C)C(=O)OC3=CC12O)CO. The zero-order valence-electron chi connectivity index (χ0n) is 23.4. The van der Waals surface area contributed by atoms with Crippen LogP contribution in [-0.4, -0.2) is 51.7 Å². The van der Waals surface area contributed by atoms with Gasteiger partial charge < -0.3 is 24.8 Å². The molecular formula is C30H46O7. The Hall–Kier alpha value is -1.96. The number of ether oxygens (including phenoxy) is 2. The number of fused-ring (bicyclic) bond motifs is 2. The lowest BCUT2D eigenvalue weighted by molar-refractivity contribution is -0.202. The Balaban J connectivity index is 1.74. The highest BCUT2D eigenvalue weighted by Gasteiger charge is 2.61. The molecule has 208 valence electrons. The van der Waals surface area contributed by atoms with Gasteiger partial charge in [0.2, 0.25) is 0 Å². The van der Waals surface area contributed by atoms with Gasteiger partial charge in [-0.25, -0.2) is 4.79 Å². The number of carbonyl (C=O) groups excluding carboxylic acids is 2. The van der Waals surface area contributed by atoms with Gasteiger partial charge in [-0.1, -0.05) is 52.5 Å². The van der Waals surface area contributed by atoms with Crippen LogP contribution < -0.4 is 0 Å². The summed E-state index contributed by atoms with van der Waals surface area (Å²) >= 11 is 0. The third kappa shape index (κ3) is 5.74. The number of aliphatic hydroxyl groups is 3. The van der Waals surface area contributed by atoms with Crippen molar-refractivity contribution in [3.8, 4) is 0 Å². The molecule has 0 bridgehead atoms. The predicted octanol–water partition coefficient (Wildman–Crippen LogP) is 4.75. The first-order chi connectivity index (χ1) is 17.4. The number of rotatable bonds is 11. The average molecular weight is 519 g/mol. The van der Waals surface area contributed by atoms with Gasteiger partial charge in [-0.3, -0.25) is 4.79 Å². The molecule has 1 aliphatic heterocycles. The van der Waals surface area contributed by atoms with Crippen molar-refractivity contribution in [2.75, 3.05) is 6.61 Å². The number of carbonyl (C=O) groups is 2. The van der Waals surface area contributed by atoms with Gasteiger partial charge in [-0.05, 0) is 64.0 Å². The van der Waals surface area contributed by atoms with Gasteiger partial charge >= 0.3 is 11.9 Å². The van der Waals surface area contributed by atoms with E-state index >= 15 is 0 Å². The van der Waals surface area contributed by atoms with Crippen LogP contribution in [0.2, 0.25) is 0 Å². The summed E-state index contributed by atoms with van der Waals surface area (Å²) in [5, 5.41) is 32.7. The molecule has 0 aromatic rings. The van der Waals surface area contributed by atoms with E-state index in [9.17, 15) is 24.9 Å². The molecule has 7 nitrogen and oxygen atoms in total. The van der Waals surface area contributed by atoms with Crippen LogP contribution in [0.1, 0.15) is 92.9 Å². The van der Waals surface area contributed by atoms with Gasteiger partial charge in [0.25, 0.3) is 0 Å². The summed E-state index contributed by atoms with van der Waals surface area (Å²) in [7, 11) is 0. The maximum atomic E-state index is 13.2. The van der Waals surface area contributed by atoms with Crippen LogP contribution in [-0.2, 0) is 19.1 Å². The van der Waals surface area contributed by atoms with Crippen molar-refractivity contribution in [3.63, 3.8) is 0 Å². The first kappa shape index (κ1) is 29.6. The van der Waals surface area contributed by atoms with Crippen molar-refractivity contribution in [3.05, 3.63) is 34.6 Å². The summed E-state index contributed by atoms with van der Waals surface area (Å²) in [6, 6.07) is 0. The number of hydrogen-bond donors (Lipinski definition) is 3. The van der Waals surface area contributed by atoms with Crippen molar-refractivity contribution in [1.29, 1.82) is 0 Å². The van der Waals surface area contributed by atoms with Crippen LogP contribution in [0.25, 0.3) is 0 Å². The number of unbranched alkanes of at least 4 members (excludes halogenated alkanes) is 3. The summed E-state index contributed by atoms with van der Waals surface area (Å²) in [5.41, 5.74) is -0.142. The topological polar surface area (TPSA) is 113 Å². The number of hydrogen-bond acceptors (Lipinski definition) is 7. The van der Waals surface area contributed by atoms with E-state index < -0.39 is 41.1 Å². The molecule has 1 heterocycles. The Morgan fingerprint density at radius 3 is 2.65 bits per heavy atom. The lowest BCUT2D eigenvalue weighted by Gasteiger charge is -2.56. The fourth-order valence-electron chi connectivity index (χ4n) is 6.18. The third-order valence-electron chi connectivity index (χ3n) is 9.24. The predicted molar refractivity (Wildman–Crippen MR) is 141 cm³/mol. The zero-order valence-corrected chi connectivity index (χ0v) is 23.4. The highest BCUT2D eigenvalue weighted by Crippen LogP contribution is 2.58. The van der Waals surface area contributed by atoms with E-state index in [4.69, 9.17) is 9.47 Å². The van der Waals surface area contributed by atoms with Crippen molar-refractivity contribution in [2.24, 2.45) is 23.2 Å². The fourth-order valence-corrected chi connectivity index (χ4v) is 6.18. The van der Waals surface area contributed by atoms with Gasteiger partial charge in [0.05, 0.1) is 12.0 Å². The monoisotopic (exact) mass is 518 g/mol. The maximum absolute atomic E-state index is 13.2. The van der Waals surface area contributed by atoms with Crippen molar-refractivity contribution in [1.82, 2.24) is 0 Å². The molecule has 2 aliphatic carbocycles. The van der Waals surface area contributed by atoms with Gasteiger partial charge in [0.1, 0.15) is 17.5 Å². The van der Waals surface area contributed by atoms with Crippen LogP contribution in [0, 0.1) is 23.2 Å². The van der Waals surface area contributed by atoms with Crippen LogP contribution in [0.4, 0.5) is 0 Å². The normalized spacial score (nSPS) is 32.2. The number of esters is 2. The molecule has 0 saturated heterocycles. The van der Waals surface area contributed by atoms with Gasteiger partial charge in [0, 0.05) is 29.1 Å². The Bertz CT molecular complexity index is 963. The molecule has 7 heteroatoms. The number of allylic oxidation sites excluding steroid dienone is 1. The molecule has 3 N–H and O–H groups in total. The lowest BCUT2D eigenvalue weighted by Crippen LogP contribution is -2.62. The second-order valence-electron chi connectivity index (χ2n) is 11.8. The summed E-state index contributed by atoms with van der Waals surface area (Å²) in [6.45, 7) is 11.3.